The molecule has 2 unspecified atom stereocenters. The molecule has 1 aliphatic rings. The summed E-state index contributed by atoms with van der Waals surface area (Å²) in [5.74, 6) is -0.837. The summed E-state index contributed by atoms with van der Waals surface area (Å²) < 4.78 is 4.87. The van der Waals surface area contributed by atoms with Gasteiger partial charge in [0.05, 0.1) is 16.5 Å². The molecule has 0 amide bonds. The van der Waals surface area contributed by atoms with E-state index in [4.69, 9.17) is 16.3 Å². The third-order valence-corrected chi connectivity index (χ3v) is 3.70. The first-order chi connectivity index (χ1) is 6.61. The monoisotopic (exact) mass is 234 g/mol. The van der Waals surface area contributed by atoms with Crippen molar-refractivity contribution in [1.29, 1.82) is 0 Å². The lowest BCUT2D eigenvalue weighted by molar-refractivity contribution is -0.146. The minimum absolute atomic E-state index is 0.0262. The molecule has 1 heterocycles. The third kappa shape index (κ3) is 2.12. The van der Waals surface area contributed by atoms with E-state index < -0.39 is 5.92 Å². The van der Waals surface area contributed by atoms with Gasteiger partial charge in [-0.2, -0.15) is 0 Å². The van der Waals surface area contributed by atoms with Crippen molar-refractivity contribution in [3.8, 4) is 0 Å². The fourth-order valence-electron chi connectivity index (χ4n) is 1.30. The van der Waals surface area contributed by atoms with Crippen LogP contribution in [0, 0.1) is 5.92 Å². The summed E-state index contributed by atoms with van der Waals surface area (Å²) in [6.07, 6.45) is 0.683. The zero-order chi connectivity index (χ0) is 10.7. The van der Waals surface area contributed by atoms with Crippen LogP contribution >= 0.6 is 23.4 Å². The summed E-state index contributed by atoms with van der Waals surface area (Å²) in [5.41, 5.74) is 0. The van der Waals surface area contributed by atoms with Crippen molar-refractivity contribution in [2.45, 2.75) is 19.1 Å². The zero-order valence-corrected chi connectivity index (χ0v) is 9.52. The number of carbonyl (C=O) groups excluding carboxylic acids is 2. The Kier molecular flexibility index (Phi) is 4.01. The Bertz CT molecular complexity index is 288. The van der Waals surface area contributed by atoms with E-state index in [1.54, 1.807) is 6.92 Å². The highest BCUT2D eigenvalue weighted by molar-refractivity contribution is 8.04. The van der Waals surface area contributed by atoms with E-state index in [-0.39, 0.29) is 11.2 Å². The Morgan fingerprint density at radius 1 is 1.71 bits per heavy atom. The molecule has 0 aliphatic carbocycles. The quantitative estimate of drug-likeness (QED) is 0.553. The molecule has 0 saturated carbocycles. The first-order valence-electron chi connectivity index (χ1n) is 4.30. The van der Waals surface area contributed by atoms with Crippen molar-refractivity contribution >= 4 is 35.6 Å². The van der Waals surface area contributed by atoms with Gasteiger partial charge < -0.3 is 4.74 Å². The average molecular weight is 235 g/mol. The summed E-state index contributed by atoms with van der Waals surface area (Å²) in [6.45, 7) is 3.92. The van der Waals surface area contributed by atoms with Crippen LogP contribution in [-0.2, 0) is 14.3 Å². The summed E-state index contributed by atoms with van der Waals surface area (Å²) in [7, 11) is 0. The van der Waals surface area contributed by atoms with Crippen LogP contribution in [-0.4, -0.2) is 24.1 Å². The van der Waals surface area contributed by atoms with E-state index in [1.807, 2.05) is 6.92 Å². The van der Waals surface area contributed by atoms with E-state index in [9.17, 15) is 9.59 Å². The number of rotatable bonds is 3. The van der Waals surface area contributed by atoms with Crippen molar-refractivity contribution in [2.75, 3.05) is 6.61 Å². The summed E-state index contributed by atoms with van der Waals surface area (Å²) >= 11 is 7.21. The number of hydrogen-bond acceptors (Lipinski definition) is 4. The molecule has 0 fully saturated rings. The molecule has 14 heavy (non-hydrogen) atoms. The van der Waals surface area contributed by atoms with Crippen molar-refractivity contribution in [3.63, 3.8) is 0 Å². The molecule has 5 heteroatoms. The molecule has 0 aromatic heterocycles. The van der Waals surface area contributed by atoms with E-state index in [0.29, 0.717) is 22.8 Å². The largest absolute Gasteiger partial charge is 0.465 e. The zero-order valence-electron chi connectivity index (χ0n) is 7.95. The summed E-state index contributed by atoms with van der Waals surface area (Å²) in [5, 5.41) is 0.290. The Balaban J connectivity index is 2.83. The van der Waals surface area contributed by atoms with Crippen molar-refractivity contribution in [1.82, 2.24) is 0 Å². The van der Waals surface area contributed by atoms with Crippen molar-refractivity contribution in [2.24, 2.45) is 5.92 Å². The maximum Gasteiger partial charge on any atom is 0.315 e. The van der Waals surface area contributed by atoms with Gasteiger partial charge >= 0.3 is 5.97 Å². The molecule has 1 rings (SSSR count). The van der Waals surface area contributed by atoms with Crippen LogP contribution < -0.4 is 0 Å². The normalized spacial score (nSPS) is 26.5. The first-order valence-corrected chi connectivity index (χ1v) is 5.55. The van der Waals surface area contributed by atoms with E-state index in [0.717, 1.165) is 0 Å². The van der Waals surface area contributed by atoms with Gasteiger partial charge in [-0.3, -0.25) is 9.59 Å². The van der Waals surface area contributed by atoms with Crippen molar-refractivity contribution in [3.05, 3.63) is 9.94 Å². The average Bonchev–Trinajstić information content (AvgIpc) is 2.41. The second-order valence-electron chi connectivity index (χ2n) is 2.88. The van der Waals surface area contributed by atoms with E-state index in [2.05, 4.69) is 0 Å². The molecule has 0 aromatic carbocycles. The number of carbonyl (C=O) groups is 2. The van der Waals surface area contributed by atoms with Crippen molar-refractivity contribution < 1.29 is 14.3 Å². The minimum atomic E-state index is -0.484. The minimum Gasteiger partial charge on any atom is -0.465 e. The van der Waals surface area contributed by atoms with Crippen LogP contribution in [0.1, 0.15) is 13.8 Å². The van der Waals surface area contributed by atoms with Crippen LogP contribution in [0.2, 0.25) is 0 Å². The highest BCUT2D eigenvalue weighted by Gasteiger charge is 2.38. The SMILES string of the molecule is CCOC(=O)C1C(Cl)=C(C=O)SC1C. The van der Waals surface area contributed by atoms with Crippen LogP contribution in [0.25, 0.3) is 0 Å². The molecule has 0 N–H and O–H groups in total. The third-order valence-electron chi connectivity index (χ3n) is 1.94. The van der Waals surface area contributed by atoms with Gasteiger partial charge in [-0.25, -0.2) is 0 Å². The highest BCUT2D eigenvalue weighted by Crippen LogP contribution is 2.43. The Morgan fingerprint density at radius 3 is 2.79 bits per heavy atom. The lowest BCUT2D eigenvalue weighted by Crippen LogP contribution is -2.23. The molecule has 0 bridgehead atoms. The number of ether oxygens (including phenoxy) is 1. The number of aldehydes is 1. The smallest absolute Gasteiger partial charge is 0.315 e. The van der Waals surface area contributed by atoms with E-state index in [1.165, 1.54) is 11.8 Å². The molecular formula is C9H11ClO3S. The number of esters is 1. The molecule has 0 spiro atoms. The molecule has 2 atom stereocenters. The predicted molar refractivity (Wildman–Crippen MR) is 56.1 cm³/mol. The molecule has 0 aromatic rings. The lowest BCUT2D eigenvalue weighted by Gasteiger charge is -2.13. The lowest BCUT2D eigenvalue weighted by atomic mass is 10.1. The van der Waals surface area contributed by atoms with Gasteiger partial charge in [0.25, 0.3) is 0 Å². The van der Waals surface area contributed by atoms with Gasteiger partial charge in [-0.1, -0.05) is 18.5 Å². The number of hydrogen-bond donors (Lipinski definition) is 0. The van der Waals surface area contributed by atoms with Gasteiger partial charge in [-0.15, -0.1) is 11.8 Å². The number of allylic oxidation sites excluding steroid dienone is 1. The molecular weight excluding hydrogens is 224 g/mol. The van der Waals surface area contributed by atoms with Crippen LogP contribution in [0.5, 0.6) is 0 Å². The fraction of sp³-hybridized carbons (Fsp3) is 0.556. The van der Waals surface area contributed by atoms with Crippen LogP contribution in [0.15, 0.2) is 9.94 Å². The fourth-order valence-corrected chi connectivity index (χ4v) is 2.91. The molecule has 0 saturated heterocycles. The maximum absolute atomic E-state index is 11.5. The summed E-state index contributed by atoms with van der Waals surface area (Å²) in [6, 6.07) is 0. The van der Waals surface area contributed by atoms with Crippen LogP contribution in [0.4, 0.5) is 0 Å². The van der Waals surface area contributed by atoms with Gasteiger partial charge in [0.1, 0.15) is 5.92 Å². The molecule has 0 radical (unpaired) electrons. The molecule has 1 aliphatic heterocycles. The first kappa shape index (κ1) is 11.6. The summed E-state index contributed by atoms with van der Waals surface area (Å²) in [4.78, 5) is 22.5. The Labute approximate surface area is 91.8 Å². The van der Waals surface area contributed by atoms with Crippen LogP contribution in [0.3, 0.4) is 0 Å². The Morgan fingerprint density at radius 2 is 2.36 bits per heavy atom. The number of thioether (sulfide) groups is 1. The second kappa shape index (κ2) is 4.84. The van der Waals surface area contributed by atoms with Gasteiger partial charge in [0, 0.05) is 5.25 Å². The van der Waals surface area contributed by atoms with Gasteiger partial charge in [0.15, 0.2) is 6.29 Å². The van der Waals surface area contributed by atoms with Gasteiger partial charge in [-0.05, 0) is 6.92 Å². The molecule has 3 nitrogen and oxygen atoms in total. The Hall–Kier alpha value is -0.480. The predicted octanol–water partition coefficient (Wildman–Crippen LogP) is 1.95. The molecule has 78 valence electrons. The van der Waals surface area contributed by atoms with E-state index >= 15 is 0 Å². The number of halogens is 1. The standard InChI is InChI=1S/C9H11ClO3S/c1-3-13-9(12)7-5(2)14-6(4-11)8(7)10/h4-5,7H,3H2,1-2H3. The van der Waals surface area contributed by atoms with Gasteiger partial charge in [0.2, 0.25) is 0 Å². The maximum atomic E-state index is 11.5. The topological polar surface area (TPSA) is 43.4 Å². The second-order valence-corrected chi connectivity index (χ2v) is 4.71. The highest BCUT2D eigenvalue weighted by atomic mass is 35.5.